The lowest BCUT2D eigenvalue weighted by atomic mass is 10.0. The van der Waals surface area contributed by atoms with Crippen molar-refractivity contribution in [2.45, 2.75) is 33.1 Å². The van der Waals surface area contributed by atoms with Crippen LogP contribution in [0.15, 0.2) is 53.3 Å². The van der Waals surface area contributed by atoms with Crippen LogP contribution in [-0.2, 0) is 16.0 Å². The summed E-state index contributed by atoms with van der Waals surface area (Å²) in [6.07, 6.45) is 2.76. The fraction of sp³-hybridized carbons (Fsp3) is 0.321. The van der Waals surface area contributed by atoms with Crippen LogP contribution in [-0.4, -0.2) is 41.7 Å². The number of aryl methyl sites for hydroxylation is 1. The van der Waals surface area contributed by atoms with Crippen molar-refractivity contribution in [1.29, 1.82) is 5.26 Å². The number of hydrogen-bond donors (Lipinski definition) is 0. The molecular formula is C28H29N3O3S. The lowest BCUT2D eigenvalue weighted by Gasteiger charge is -2.26. The van der Waals surface area contributed by atoms with Crippen molar-refractivity contribution in [3.63, 3.8) is 0 Å². The normalized spacial score (nSPS) is 15.3. The number of rotatable bonds is 5. The quantitative estimate of drug-likeness (QED) is 0.555. The number of carbonyl (C=O) groups is 1. The Balaban J connectivity index is 1.94. The van der Waals surface area contributed by atoms with Gasteiger partial charge in [-0.1, -0.05) is 57.2 Å². The van der Waals surface area contributed by atoms with E-state index in [4.69, 9.17) is 4.74 Å². The van der Waals surface area contributed by atoms with Crippen molar-refractivity contribution in [3.05, 3.63) is 84.8 Å². The molecule has 2 aromatic carbocycles. The van der Waals surface area contributed by atoms with Gasteiger partial charge in [0.25, 0.3) is 11.5 Å². The molecule has 1 amide bonds. The van der Waals surface area contributed by atoms with Crippen LogP contribution in [0.3, 0.4) is 0 Å². The summed E-state index contributed by atoms with van der Waals surface area (Å²) >= 11 is 1.18. The molecule has 2 heterocycles. The summed E-state index contributed by atoms with van der Waals surface area (Å²) in [4.78, 5) is 28.5. The molecule has 0 spiro atoms. The van der Waals surface area contributed by atoms with Crippen LogP contribution < -0.4 is 14.8 Å². The summed E-state index contributed by atoms with van der Waals surface area (Å²) in [5.74, 6) is -0.0229. The van der Waals surface area contributed by atoms with Gasteiger partial charge in [0, 0.05) is 13.1 Å². The van der Waals surface area contributed by atoms with Gasteiger partial charge in [-0.3, -0.25) is 14.2 Å². The van der Waals surface area contributed by atoms with Crippen molar-refractivity contribution in [2.75, 3.05) is 26.3 Å². The van der Waals surface area contributed by atoms with E-state index < -0.39 is 0 Å². The number of nitrogens with zero attached hydrogens (tertiary/aromatic N) is 3. The summed E-state index contributed by atoms with van der Waals surface area (Å²) in [6.45, 7) is 8.03. The zero-order valence-corrected chi connectivity index (χ0v) is 21.1. The summed E-state index contributed by atoms with van der Waals surface area (Å²) < 4.78 is 7.67. The predicted octanol–water partition coefficient (Wildman–Crippen LogP) is 2.95. The van der Waals surface area contributed by atoms with E-state index in [1.807, 2.05) is 54.6 Å². The minimum absolute atomic E-state index is 0.0251. The van der Waals surface area contributed by atoms with E-state index in [0.717, 1.165) is 17.5 Å². The molecule has 0 radical (unpaired) electrons. The minimum Gasteiger partial charge on any atom is -0.378 e. The first-order valence-corrected chi connectivity index (χ1v) is 12.7. The Labute approximate surface area is 209 Å². The molecule has 1 aromatic heterocycles. The molecular weight excluding hydrogens is 458 g/mol. The highest BCUT2D eigenvalue weighted by Gasteiger charge is 2.24. The van der Waals surface area contributed by atoms with E-state index in [9.17, 15) is 14.9 Å². The molecule has 3 aromatic rings. The Morgan fingerprint density at radius 3 is 2.34 bits per heavy atom. The molecule has 6 nitrogen and oxygen atoms in total. The molecule has 7 heteroatoms. The fourth-order valence-electron chi connectivity index (χ4n) is 4.01. The number of morpholine rings is 1. The Morgan fingerprint density at radius 1 is 1.11 bits per heavy atom. The molecule has 1 aliphatic rings. The smallest absolute Gasteiger partial charge is 0.273 e. The Kier molecular flexibility index (Phi) is 7.64. The van der Waals surface area contributed by atoms with Crippen molar-refractivity contribution >= 4 is 28.9 Å². The van der Waals surface area contributed by atoms with Gasteiger partial charge in [0.2, 0.25) is 0 Å². The van der Waals surface area contributed by atoms with E-state index in [-0.39, 0.29) is 17.0 Å². The van der Waals surface area contributed by atoms with Gasteiger partial charge in [-0.05, 0) is 47.2 Å². The molecule has 180 valence electrons. The standard InChI is InChI=1S/C28H29N3O3S/c1-4-20-5-7-21(8-6-20)17-25-27(33)31(23-11-9-22(10-12-23)19(2)3)28(35-25)24(18-29)26(32)30-13-15-34-16-14-30/h5-12,17,19H,4,13-16H2,1-3H3/b25-17-,28-24-. The van der Waals surface area contributed by atoms with Gasteiger partial charge in [-0.25, -0.2) is 0 Å². The SMILES string of the molecule is CCc1ccc(/C=c2\s/c(=C(/C#N)C(=O)N3CCOCC3)n(-c3ccc(C(C)C)cc3)c2=O)cc1. The van der Waals surface area contributed by atoms with E-state index >= 15 is 0 Å². The minimum atomic E-state index is -0.372. The van der Waals surface area contributed by atoms with Crippen LogP contribution in [0.1, 0.15) is 43.4 Å². The zero-order valence-electron chi connectivity index (χ0n) is 20.3. The Hall–Kier alpha value is -3.47. The molecule has 0 unspecified atom stereocenters. The number of carbonyl (C=O) groups excluding carboxylic acids is 1. The number of nitriles is 1. The third-order valence-corrected chi connectivity index (χ3v) is 7.26. The predicted molar refractivity (Wildman–Crippen MR) is 139 cm³/mol. The number of thiazole rings is 1. The first-order valence-electron chi connectivity index (χ1n) is 11.9. The van der Waals surface area contributed by atoms with Crippen LogP contribution in [0.2, 0.25) is 0 Å². The summed E-state index contributed by atoms with van der Waals surface area (Å²) in [6, 6.07) is 17.9. The fourth-order valence-corrected chi connectivity index (χ4v) is 5.10. The maximum Gasteiger partial charge on any atom is 0.273 e. The highest BCUT2D eigenvalue weighted by atomic mass is 32.1. The molecule has 4 rings (SSSR count). The monoisotopic (exact) mass is 487 g/mol. The first kappa shape index (κ1) is 24.6. The number of aromatic nitrogens is 1. The third-order valence-electron chi connectivity index (χ3n) is 6.17. The molecule has 1 saturated heterocycles. The topological polar surface area (TPSA) is 75.3 Å². The van der Waals surface area contributed by atoms with Crippen LogP contribution in [0.25, 0.3) is 17.3 Å². The Morgan fingerprint density at radius 2 is 1.77 bits per heavy atom. The molecule has 1 aliphatic heterocycles. The van der Waals surface area contributed by atoms with Crippen LogP contribution in [0.5, 0.6) is 0 Å². The summed E-state index contributed by atoms with van der Waals surface area (Å²) in [5, 5.41) is 10.0. The van der Waals surface area contributed by atoms with Crippen LogP contribution in [0, 0.1) is 11.3 Å². The zero-order chi connectivity index (χ0) is 24.9. The van der Waals surface area contributed by atoms with Crippen molar-refractivity contribution in [3.8, 4) is 11.8 Å². The van der Waals surface area contributed by atoms with Gasteiger partial charge >= 0.3 is 0 Å². The molecule has 0 atom stereocenters. The molecule has 0 N–H and O–H groups in total. The average Bonchev–Trinajstić information content (AvgIpc) is 3.20. The number of amides is 1. The molecule has 35 heavy (non-hydrogen) atoms. The van der Waals surface area contributed by atoms with Crippen molar-refractivity contribution in [2.24, 2.45) is 0 Å². The second-order valence-electron chi connectivity index (χ2n) is 8.79. The molecule has 0 aliphatic carbocycles. The second-order valence-corrected chi connectivity index (χ2v) is 9.82. The highest BCUT2D eigenvalue weighted by molar-refractivity contribution is 7.07. The van der Waals surface area contributed by atoms with Gasteiger partial charge < -0.3 is 9.64 Å². The van der Waals surface area contributed by atoms with Gasteiger partial charge in [-0.15, -0.1) is 11.3 Å². The van der Waals surface area contributed by atoms with E-state index in [1.54, 1.807) is 4.90 Å². The first-order chi connectivity index (χ1) is 16.9. The lowest BCUT2D eigenvalue weighted by Crippen LogP contribution is -2.42. The van der Waals surface area contributed by atoms with Crippen LogP contribution >= 0.6 is 11.3 Å². The summed E-state index contributed by atoms with van der Waals surface area (Å²) in [7, 11) is 0. The number of ether oxygens (including phenoxy) is 1. The van der Waals surface area contributed by atoms with Gasteiger partial charge in [0.05, 0.1) is 23.4 Å². The molecule has 1 fully saturated rings. The van der Waals surface area contributed by atoms with E-state index in [0.29, 0.717) is 47.1 Å². The lowest BCUT2D eigenvalue weighted by molar-refractivity contribution is -0.128. The van der Waals surface area contributed by atoms with Gasteiger partial charge in [0.15, 0.2) is 5.57 Å². The Bertz CT molecular complexity index is 1420. The van der Waals surface area contributed by atoms with Crippen molar-refractivity contribution in [1.82, 2.24) is 9.47 Å². The average molecular weight is 488 g/mol. The second kappa shape index (κ2) is 10.9. The van der Waals surface area contributed by atoms with E-state index in [2.05, 4.69) is 26.8 Å². The molecule has 0 saturated carbocycles. The van der Waals surface area contributed by atoms with Gasteiger partial charge in [-0.2, -0.15) is 5.26 Å². The maximum absolute atomic E-state index is 13.6. The van der Waals surface area contributed by atoms with Crippen molar-refractivity contribution < 1.29 is 9.53 Å². The highest BCUT2D eigenvalue weighted by Crippen LogP contribution is 2.16. The number of hydrogen-bond acceptors (Lipinski definition) is 5. The van der Waals surface area contributed by atoms with Gasteiger partial charge in [0.1, 0.15) is 10.7 Å². The van der Waals surface area contributed by atoms with Crippen LogP contribution in [0.4, 0.5) is 0 Å². The number of benzene rings is 2. The maximum atomic E-state index is 13.6. The molecule has 0 bridgehead atoms. The van der Waals surface area contributed by atoms with E-state index in [1.165, 1.54) is 21.5 Å². The third kappa shape index (κ3) is 5.29. The summed E-state index contributed by atoms with van der Waals surface area (Å²) in [5.41, 5.74) is 3.62. The largest absolute Gasteiger partial charge is 0.378 e.